The molecule has 34 heteroatoms. The summed E-state index contributed by atoms with van der Waals surface area (Å²) < 4.78 is 29.8. The van der Waals surface area contributed by atoms with Gasteiger partial charge in [-0.15, -0.1) is 0 Å². The van der Waals surface area contributed by atoms with Crippen LogP contribution in [0.1, 0.15) is 121 Å². The number of rotatable bonds is 35. The molecule has 3 fully saturated rings. The number of likely N-dealkylation sites (N-methyl/N-ethyl adjacent to an activating group) is 3. The number of aromatic nitrogens is 1. The number of nitrogens with two attached hydrogens (primary N) is 1. The number of anilines is 1. The number of benzene rings is 4. The normalized spacial score (nSPS) is 23.0. The first-order valence-corrected chi connectivity index (χ1v) is 42.9. The lowest BCUT2D eigenvalue weighted by Crippen LogP contribution is -2.63. The summed E-state index contributed by atoms with van der Waals surface area (Å²) in [4.78, 5) is 153. The first-order valence-electron chi connectivity index (χ1n) is 40.2. The van der Waals surface area contributed by atoms with Crippen LogP contribution in [0.25, 0.3) is 10.9 Å². The molecule has 0 spiro atoms. The summed E-state index contributed by atoms with van der Waals surface area (Å²) in [5.41, 5.74) is 7.19. The molecule has 4 aliphatic rings. The number of carbonyl (C=O) groups excluding carboxylic acids is 10. The van der Waals surface area contributed by atoms with Crippen molar-refractivity contribution in [2.45, 2.75) is 214 Å². The monoisotopic (exact) mass is 1710 g/mol. The smallest absolute Gasteiger partial charge is 0.409 e. The molecular weight excluding hydrogens is 1590 g/mol. The maximum Gasteiger partial charge on any atom is 0.409 e. The van der Waals surface area contributed by atoms with Crippen LogP contribution in [0.5, 0.6) is 11.5 Å². The lowest BCUT2D eigenvalue weighted by atomic mass is 9.83. The van der Waals surface area contributed by atoms with Crippen molar-refractivity contribution in [2.24, 2.45) is 11.7 Å². The molecule has 13 N–H and O–H groups in total. The van der Waals surface area contributed by atoms with Crippen LogP contribution >= 0.6 is 33.2 Å². The van der Waals surface area contributed by atoms with Crippen molar-refractivity contribution in [3.05, 3.63) is 148 Å². The number of ether oxygens (including phenoxy) is 5. The van der Waals surface area contributed by atoms with Gasteiger partial charge in [-0.25, -0.2) is 9.59 Å². The van der Waals surface area contributed by atoms with Gasteiger partial charge in [-0.1, -0.05) is 125 Å². The number of piperidine rings is 1. The second-order valence-electron chi connectivity index (χ2n) is 31.3. The van der Waals surface area contributed by atoms with Crippen LogP contribution in [-0.2, 0) is 87.8 Å². The second-order valence-corrected chi connectivity index (χ2v) is 34.4. The number of H-pyrrole nitrogens is 1. The van der Waals surface area contributed by atoms with Gasteiger partial charge in [-0.2, -0.15) is 0 Å². The van der Waals surface area contributed by atoms with Crippen LogP contribution in [0.3, 0.4) is 0 Å². The summed E-state index contributed by atoms with van der Waals surface area (Å²) >= 11 is 6.90. The topological polar surface area (TPSA) is 428 Å². The van der Waals surface area contributed by atoms with E-state index in [9.17, 15) is 58.8 Å². The van der Waals surface area contributed by atoms with Crippen molar-refractivity contribution < 1.29 is 92.1 Å². The number of unbranched alkanes of at least 4 members (excludes halogenated alkanes) is 1. The summed E-state index contributed by atoms with van der Waals surface area (Å²) in [5.74, 6) is -5.70. The molecule has 5 heterocycles. The highest BCUT2D eigenvalue weighted by Gasteiger charge is 2.65. The van der Waals surface area contributed by atoms with Crippen LogP contribution < -0.4 is 47.3 Å². The van der Waals surface area contributed by atoms with Crippen molar-refractivity contribution in [3.63, 3.8) is 0 Å². The fourth-order valence-electron chi connectivity index (χ4n) is 15.1. The lowest BCUT2D eigenvalue weighted by molar-refractivity contribution is -0.162. The van der Waals surface area contributed by atoms with Gasteiger partial charge in [0.1, 0.15) is 70.6 Å². The van der Waals surface area contributed by atoms with Gasteiger partial charge in [0.05, 0.1) is 37.5 Å². The van der Waals surface area contributed by atoms with E-state index < -0.39 is 144 Å². The Morgan fingerprint density at radius 1 is 0.815 bits per heavy atom. The van der Waals surface area contributed by atoms with E-state index in [2.05, 4.69) is 36.9 Å². The number of allylic oxidation sites excluding steroid dienone is 3. The largest absolute Gasteiger partial charge is 0.508 e. The molecular formula is C85H115ClN12O19S2. The zero-order valence-electron chi connectivity index (χ0n) is 69.3. The number of epoxide rings is 1. The third-order valence-corrected chi connectivity index (χ3v) is 26.0. The number of nitrogens with zero attached hydrogens (tertiary/aromatic N) is 4. The molecule has 3 saturated heterocycles. The number of alkyl carbamates (subject to hydrolysis) is 1. The van der Waals surface area contributed by atoms with Crippen molar-refractivity contribution in [3.8, 4) is 11.5 Å². The Bertz CT molecular complexity index is 4420. The van der Waals surface area contributed by atoms with Crippen molar-refractivity contribution in [1.29, 1.82) is 0 Å². The zero-order chi connectivity index (χ0) is 86.6. The molecule has 0 radical (unpaired) electrons. The average molecular weight is 1710 g/mol. The average Bonchev–Trinajstić information content (AvgIpc) is 1.57. The van der Waals surface area contributed by atoms with Crippen molar-refractivity contribution in [1.82, 2.24) is 51.6 Å². The third kappa shape index (κ3) is 25.0. The van der Waals surface area contributed by atoms with E-state index in [0.29, 0.717) is 73.5 Å². The Morgan fingerprint density at radius 3 is 2.13 bits per heavy atom. The van der Waals surface area contributed by atoms with Gasteiger partial charge in [0.25, 0.3) is 0 Å². The molecule has 119 heavy (non-hydrogen) atoms. The highest BCUT2D eigenvalue weighted by atomic mass is 35.5. The van der Waals surface area contributed by atoms with Crippen molar-refractivity contribution in [2.75, 3.05) is 72.7 Å². The standard InChI is InChI=1S/C85H115ClN12O19S2/c1-49-20-19-26-69(114-11)85(112)47-68(115-83(111)94-85)50(2)75-84(5,117-75)70(46-73(103)96(8)66-43-55(40-49)44-67(113-10)74(66)86)116-82(110)51(3)95(7)71(101)35-39-118-119-58-33-37-98(38-34-58)72(102)32-31-65(97(9)81(109)64(88-6)42-53-21-13-12-14-22-53)80(108)92-62(41-54-27-29-57(100)30-28-54)78(106)91-63(45-56-48-89-60-24-16-15-23-59(56)60)79(107)90-61(25-17-18-36-87)77(105)93-76(104)52(4)99/h12-16,19-24,26-30,43-44,48,50-52,58,61-65,68-70,75-76,88-89,99-100,104,112H,17-18,25,31-42,45-47,87H2,1-11H3,(H,90,107)(H,91,106)(H,92,108)(H,93,105)(H,94,111)/b26-19+,49-20+/t50-,51+,52-,61+,62+,63-,64+,65+,68+,69-,70+,75+,76-,84+,85+/m1/s1. The van der Waals surface area contributed by atoms with E-state index in [1.807, 2.05) is 67.6 Å². The molecule has 5 aromatic rings. The molecule has 4 bridgehead atoms. The van der Waals surface area contributed by atoms with Gasteiger partial charge in [0.2, 0.25) is 47.3 Å². The molecule has 648 valence electrons. The van der Waals surface area contributed by atoms with Gasteiger partial charge >= 0.3 is 12.1 Å². The number of hydrogen-bond donors (Lipinski definition) is 12. The zero-order valence-corrected chi connectivity index (χ0v) is 71.6. The minimum Gasteiger partial charge on any atom is -0.508 e. The highest BCUT2D eigenvalue weighted by Crippen LogP contribution is 2.50. The lowest BCUT2D eigenvalue weighted by Gasteiger charge is -2.42. The fourth-order valence-corrected chi connectivity index (χ4v) is 18.1. The van der Waals surface area contributed by atoms with E-state index in [-0.39, 0.29) is 85.7 Å². The number of esters is 1. The predicted octanol–water partition coefficient (Wildman–Crippen LogP) is 5.79. The maximum atomic E-state index is 15.3. The van der Waals surface area contributed by atoms with E-state index in [1.165, 1.54) is 79.8 Å². The Hall–Kier alpha value is -9.29. The molecule has 1 aromatic heterocycles. The molecule has 9 rings (SSSR count). The Labute approximate surface area is 707 Å². The second kappa shape index (κ2) is 43.3. The number of aromatic hydroxyl groups is 1. The number of methoxy groups -OCH3 is 2. The number of fused-ring (bicyclic) bond motifs is 6. The minimum absolute atomic E-state index is 0.0341. The first kappa shape index (κ1) is 93.6. The quantitative estimate of drug-likeness (QED) is 0.00751. The number of aromatic amines is 1. The summed E-state index contributed by atoms with van der Waals surface area (Å²) in [6.45, 7) is 9.15. The number of hydrogen-bond acceptors (Lipinski definition) is 23. The number of phenols is 1. The SMILES string of the molecule is CN[C@@H](Cc1ccccc1)C(=O)N(C)[C@@H](CCC(=O)N1CCC(SSCCC(=O)N(C)[C@@H](C)C(=O)O[C@H]2CC(=O)N(C)c3cc(cc(OC)c3Cl)C/C(C)=C/C=C/[C@@H](OC)[C@@]3(O)C[C@H](OC(=O)N3)[C@@H](C)[C@@H]3O[C@@]23C)CC1)C(=O)N[C@@H](Cc1ccc(O)cc1)C(=O)N[C@H](Cc1c[nH]c2ccccc12)C(=O)N[C@@H](CCCCN)C(=O)N[C@H](O)[C@@H](C)O. The van der Waals surface area contributed by atoms with Crippen LogP contribution in [0.15, 0.2) is 121 Å². The number of para-hydroxylation sites is 1. The van der Waals surface area contributed by atoms with Gasteiger partial charge in [-0.3, -0.25) is 43.7 Å². The van der Waals surface area contributed by atoms with Gasteiger partial charge in [0.15, 0.2) is 12.0 Å². The number of aliphatic hydroxyl groups excluding tert-OH is 2. The number of aliphatic hydroxyl groups is 3. The summed E-state index contributed by atoms with van der Waals surface area (Å²) in [5, 5.41) is 60.2. The van der Waals surface area contributed by atoms with Gasteiger partial charge in [-0.05, 0) is 145 Å². The van der Waals surface area contributed by atoms with Crippen LogP contribution in [0, 0.1) is 5.92 Å². The van der Waals surface area contributed by atoms with E-state index in [0.717, 1.165) is 27.6 Å². The van der Waals surface area contributed by atoms with Gasteiger partial charge in [0, 0.05) is 107 Å². The fraction of sp³-hybridized carbons (Fsp3) is 0.529. The highest BCUT2D eigenvalue weighted by molar-refractivity contribution is 8.76. The summed E-state index contributed by atoms with van der Waals surface area (Å²) in [7, 11) is 12.0. The molecule has 4 aliphatic heterocycles. The van der Waals surface area contributed by atoms with Crippen LogP contribution in [-0.4, -0.2) is 257 Å². The number of phenolic OH excluding ortho intramolecular Hbond substituents is 1. The molecule has 15 atom stereocenters. The first-order chi connectivity index (χ1) is 56.7. The minimum atomic E-state index is -1.91. The Kier molecular flexibility index (Phi) is 34.0. The molecule has 0 unspecified atom stereocenters. The van der Waals surface area contributed by atoms with E-state index in [1.54, 1.807) is 86.3 Å². The predicted molar refractivity (Wildman–Crippen MR) is 452 cm³/mol. The third-order valence-electron chi connectivity index (χ3n) is 22.7. The number of carbonyl (C=O) groups is 10. The van der Waals surface area contributed by atoms with Gasteiger partial charge < -0.3 is 101 Å². The summed E-state index contributed by atoms with van der Waals surface area (Å²) in [6, 6.07) is 18.6. The number of amides is 9. The molecule has 4 aromatic carbocycles. The summed E-state index contributed by atoms with van der Waals surface area (Å²) in [6.07, 6.45) is 0.546. The van der Waals surface area contributed by atoms with E-state index >= 15 is 9.59 Å². The van der Waals surface area contributed by atoms with Crippen molar-refractivity contribution >= 4 is 109 Å². The number of halogens is 1. The Morgan fingerprint density at radius 2 is 1.46 bits per heavy atom. The number of likely N-dealkylation sites (tertiary alicyclic amines) is 1. The molecule has 0 aliphatic carbocycles. The number of nitrogens with one attached hydrogen (secondary N) is 7. The Balaban J connectivity index is 0.848. The molecule has 9 amide bonds. The van der Waals surface area contributed by atoms with E-state index in [4.69, 9.17) is 41.0 Å². The van der Waals surface area contributed by atoms with Crippen LogP contribution in [0.2, 0.25) is 5.02 Å². The molecule has 0 saturated carbocycles. The molecule has 31 nitrogen and oxygen atoms in total. The van der Waals surface area contributed by atoms with Crippen LogP contribution in [0.4, 0.5) is 10.5 Å². The maximum absolute atomic E-state index is 15.3.